The van der Waals surface area contributed by atoms with Crippen molar-refractivity contribution in [1.82, 2.24) is 0 Å². The van der Waals surface area contributed by atoms with Crippen molar-refractivity contribution in [2.24, 2.45) is 0 Å². The highest BCUT2D eigenvalue weighted by Crippen LogP contribution is 2.30. The van der Waals surface area contributed by atoms with Crippen LogP contribution < -0.4 is 4.74 Å². The Morgan fingerprint density at radius 1 is 1.16 bits per heavy atom. The lowest BCUT2D eigenvalue weighted by Gasteiger charge is -2.40. The third-order valence-corrected chi connectivity index (χ3v) is 5.28. The lowest BCUT2D eigenvalue weighted by atomic mass is 9.99. The van der Waals surface area contributed by atoms with E-state index in [1.807, 2.05) is 0 Å². The number of phenolic OH excluding ortho intramolecular Hbond substituents is 1. The molecule has 7 N–H and O–H groups in total. The van der Waals surface area contributed by atoms with Gasteiger partial charge < -0.3 is 59.4 Å². The normalized spacial score (nSPS) is 37.3. The first-order valence-electron chi connectivity index (χ1n) is 9.63. The molecule has 2 heterocycles. The van der Waals surface area contributed by atoms with Gasteiger partial charge in [-0.05, 0) is 18.2 Å². The number of phenols is 1. The van der Waals surface area contributed by atoms with Gasteiger partial charge in [-0.25, -0.2) is 4.79 Å². The van der Waals surface area contributed by atoms with Crippen molar-refractivity contribution in [2.75, 3.05) is 26.9 Å². The minimum Gasteiger partial charge on any atom is -0.508 e. The molecule has 2 aliphatic rings. The standard InChI is InChI=1S/C19H26O13/c1-28-16(26)9-4-8(21)2-3-10(9)31-17-14(24)13(23)12(22)11(32-17)5-29-18-15(25)19(27,6-20)7-30-18/h2-4,11-15,17-18,20-25,27H,5-7H2,1H3/t11-,12-,13+,14-,15+,17-,18-,19-/m1/s1. The van der Waals surface area contributed by atoms with Crippen molar-refractivity contribution < 1.29 is 64.2 Å². The SMILES string of the molecule is COC(=O)c1cc(O)ccc1O[C@@H]1O[C@H](CO[C@@H]2OC[C@](O)(CO)[C@H]2O)[C@@H](O)[C@H](O)[C@H]1O. The Balaban J connectivity index is 1.71. The molecule has 13 nitrogen and oxygen atoms in total. The van der Waals surface area contributed by atoms with Crippen LogP contribution in [0.25, 0.3) is 0 Å². The summed E-state index contributed by atoms with van der Waals surface area (Å²) in [5, 5.41) is 69.5. The van der Waals surface area contributed by atoms with Gasteiger partial charge in [0.15, 0.2) is 6.29 Å². The van der Waals surface area contributed by atoms with Crippen molar-refractivity contribution in [3.05, 3.63) is 23.8 Å². The van der Waals surface area contributed by atoms with E-state index in [9.17, 15) is 40.5 Å². The maximum atomic E-state index is 11.9. The summed E-state index contributed by atoms with van der Waals surface area (Å²) in [5.74, 6) is -1.22. The van der Waals surface area contributed by atoms with Gasteiger partial charge in [0.25, 0.3) is 0 Å². The van der Waals surface area contributed by atoms with Crippen LogP contribution in [-0.4, -0.2) is 117 Å². The van der Waals surface area contributed by atoms with Gasteiger partial charge in [0.1, 0.15) is 53.2 Å². The number of hydrogen-bond acceptors (Lipinski definition) is 13. The van der Waals surface area contributed by atoms with Gasteiger partial charge in [0.05, 0.1) is 26.9 Å². The molecule has 8 atom stereocenters. The Labute approximate surface area is 181 Å². The van der Waals surface area contributed by atoms with E-state index in [4.69, 9.17) is 18.9 Å². The highest BCUT2D eigenvalue weighted by Gasteiger charge is 2.50. The van der Waals surface area contributed by atoms with E-state index >= 15 is 0 Å². The minimum atomic E-state index is -1.92. The number of rotatable bonds is 7. The van der Waals surface area contributed by atoms with Crippen molar-refractivity contribution in [3.63, 3.8) is 0 Å². The molecule has 0 saturated carbocycles. The fraction of sp³-hybridized carbons (Fsp3) is 0.632. The fourth-order valence-electron chi connectivity index (χ4n) is 3.29. The van der Waals surface area contributed by atoms with Crippen LogP contribution in [0.4, 0.5) is 0 Å². The Kier molecular flexibility index (Phi) is 7.54. The van der Waals surface area contributed by atoms with E-state index in [1.165, 1.54) is 12.1 Å². The molecule has 1 aromatic rings. The molecule has 0 amide bonds. The van der Waals surface area contributed by atoms with E-state index in [0.29, 0.717) is 0 Å². The summed E-state index contributed by atoms with van der Waals surface area (Å²) in [4.78, 5) is 11.9. The summed E-state index contributed by atoms with van der Waals surface area (Å²) in [6.45, 7) is -1.63. The number of esters is 1. The summed E-state index contributed by atoms with van der Waals surface area (Å²) in [7, 11) is 1.12. The average molecular weight is 462 g/mol. The van der Waals surface area contributed by atoms with Crippen molar-refractivity contribution in [3.8, 4) is 11.5 Å². The Morgan fingerprint density at radius 3 is 2.50 bits per heavy atom. The number of aliphatic hydroxyl groups is 6. The number of aliphatic hydroxyl groups excluding tert-OH is 5. The summed E-state index contributed by atoms with van der Waals surface area (Å²) < 4.78 is 26.0. The highest BCUT2D eigenvalue weighted by atomic mass is 16.7. The Bertz CT molecular complexity index is 803. The molecular formula is C19H26O13. The van der Waals surface area contributed by atoms with E-state index in [0.717, 1.165) is 13.2 Å². The molecule has 2 aliphatic heterocycles. The molecule has 0 unspecified atom stereocenters. The summed E-state index contributed by atoms with van der Waals surface area (Å²) >= 11 is 0. The third-order valence-electron chi connectivity index (χ3n) is 5.28. The topological polar surface area (TPSA) is 205 Å². The largest absolute Gasteiger partial charge is 0.508 e. The molecule has 180 valence electrons. The molecule has 0 aliphatic carbocycles. The van der Waals surface area contributed by atoms with Crippen LogP contribution in [0, 0.1) is 0 Å². The first-order chi connectivity index (χ1) is 15.1. The second-order valence-electron chi connectivity index (χ2n) is 7.52. The molecule has 32 heavy (non-hydrogen) atoms. The Hall–Kier alpha value is -2.07. The van der Waals surface area contributed by atoms with Gasteiger partial charge in [0, 0.05) is 0 Å². The number of hydrogen-bond donors (Lipinski definition) is 7. The molecule has 1 aromatic carbocycles. The van der Waals surface area contributed by atoms with Gasteiger partial charge in [-0.1, -0.05) is 0 Å². The van der Waals surface area contributed by atoms with Crippen LogP contribution in [0.3, 0.4) is 0 Å². The zero-order chi connectivity index (χ0) is 23.6. The molecule has 0 spiro atoms. The van der Waals surface area contributed by atoms with Crippen molar-refractivity contribution in [2.45, 2.75) is 48.7 Å². The predicted octanol–water partition coefficient (Wildman–Crippen LogP) is -3.18. The molecule has 0 bridgehead atoms. The van der Waals surface area contributed by atoms with Crippen molar-refractivity contribution >= 4 is 5.97 Å². The van der Waals surface area contributed by atoms with Crippen LogP contribution in [0.2, 0.25) is 0 Å². The molecular weight excluding hydrogens is 436 g/mol. The number of methoxy groups -OCH3 is 1. The molecule has 2 saturated heterocycles. The summed E-state index contributed by atoms with van der Waals surface area (Å²) in [6, 6.07) is 3.51. The molecule has 0 aromatic heterocycles. The molecule has 2 fully saturated rings. The van der Waals surface area contributed by atoms with Gasteiger partial charge in [-0.15, -0.1) is 0 Å². The smallest absolute Gasteiger partial charge is 0.341 e. The lowest BCUT2D eigenvalue weighted by Crippen LogP contribution is -2.60. The van der Waals surface area contributed by atoms with Gasteiger partial charge in [-0.2, -0.15) is 0 Å². The number of carbonyl (C=O) groups excluding carboxylic acids is 1. The first-order valence-corrected chi connectivity index (χ1v) is 9.63. The Morgan fingerprint density at radius 2 is 1.88 bits per heavy atom. The zero-order valence-electron chi connectivity index (χ0n) is 17.0. The van der Waals surface area contributed by atoms with Crippen LogP contribution in [0.5, 0.6) is 11.5 Å². The van der Waals surface area contributed by atoms with Crippen molar-refractivity contribution in [1.29, 1.82) is 0 Å². The van der Waals surface area contributed by atoms with Gasteiger partial charge in [0.2, 0.25) is 6.29 Å². The second-order valence-corrected chi connectivity index (χ2v) is 7.52. The van der Waals surface area contributed by atoms with E-state index in [-0.39, 0.29) is 17.1 Å². The van der Waals surface area contributed by atoms with Gasteiger partial charge in [-0.3, -0.25) is 0 Å². The number of carbonyl (C=O) groups is 1. The predicted molar refractivity (Wildman–Crippen MR) is 100 cm³/mol. The fourth-order valence-corrected chi connectivity index (χ4v) is 3.29. The number of ether oxygens (including phenoxy) is 5. The first kappa shape index (κ1) is 24.6. The lowest BCUT2D eigenvalue weighted by molar-refractivity contribution is -0.289. The van der Waals surface area contributed by atoms with Crippen LogP contribution in [0.15, 0.2) is 18.2 Å². The van der Waals surface area contributed by atoms with E-state index < -0.39 is 74.5 Å². The summed E-state index contributed by atoms with van der Waals surface area (Å²) in [5.41, 5.74) is -2.09. The van der Waals surface area contributed by atoms with Crippen LogP contribution >= 0.6 is 0 Å². The molecule has 0 radical (unpaired) electrons. The average Bonchev–Trinajstić information content (AvgIpc) is 3.08. The van der Waals surface area contributed by atoms with E-state index in [1.54, 1.807) is 0 Å². The van der Waals surface area contributed by atoms with Gasteiger partial charge >= 0.3 is 5.97 Å². The molecule has 13 heteroatoms. The monoisotopic (exact) mass is 462 g/mol. The second kappa shape index (κ2) is 9.82. The quantitative estimate of drug-likeness (QED) is 0.200. The summed E-state index contributed by atoms with van der Waals surface area (Å²) in [6.07, 6.45) is -10.9. The zero-order valence-corrected chi connectivity index (χ0v) is 17.0. The number of benzene rings is 1. The van der Waals surface area contributed by atoms with Crippen LogP contribution in [0.1, 0.15) is 10.4 Å². The number of aromatic hydroxyl groups is 1. The highest BCUT2D eigenvalue weighted by molar-refractivity contribution is 5.92. The maximum Gasteiger partial charge on any atom is 0.341 e. The molecule has 3 rings (SSSR count). The van der Waals surface area contributed by atoms with Crippen LogP contribution in [-0.2, 0) is 18.9 Å². The third kappa shape index (κ3) is 4.80. The van der Waals surface area contributed by atoms with E-state index in [2.05, 4.69) is 4.74 Å². The minimum absolute atomic E-state index is 0.135. The maximum absolute atomic E-state index is 11.9.